The number of alkyl halides is 1. The predicted octanol–water partition coefficient (Wildman–Crippen LogP) is 2.07. The first-order valence-electron chi connectivity index (χ1n) is 22.2. The van der Waals surface area contributed by atoms with E-state index >= 15 is 4.39 Å². The van der Waals surface area contributed by atoms with Gasteiger partial charge in [-0.1, -0.05) is 19.1 Å². The standard InChI is InChI=1S/C43H64FN11O10/c1-10-32-43(55-19-15-34(45)48-39(55)59)36(54(40(60)65-43)18-12-11-17-53-24-29(50-51-53)28-14-13-16-47-49-28)27(4)46-23-25(2)22-41(5,61-9)33(21-31(56)42(6,44)38(58)64-32)63-37-35(57)30(52(7)8)20-26(3)62-37/h13-16,19,24-27,30,32-33,35-37,46,57H,10-12,17-18,20-23H2,1-9H3,(H2,45,48,59)/t25-,26-,27-,30?,32-,33-,35?,36-,37+,41-,42-,43-/m1/s1. The molecule has 65 heavy (non-hydrogen) atoms. The smallest absolute Gasteiger partial charge is 0.412 e. The second kappa shape index (κ2) is 20.3. The Morgan fingerprint density at radius 3 is 2.48 bits per heavy atom. The second-order valence-corrected chi connectivity index (χ2v) is 18.1. The van der Waals surface area contributed by atoms with Crippen LogP contribution in [0, 0.1) is 5.92 Å². The molecule has 3 saturated heterocycles. The number of aliphatic hydroxyl groups excluding tert-OH is 1. The minimum absolute atomic E-state index is 0.108. The maximum atomic E-state index is 17.1. The molecule has 3 aliphatic heterocycles. The van der Waals surface area contributed by atoms with Crippen LogP contribution in [0.4, 0.5) is 15.0 Å². The number of amides is 1. The van der Waals surface area contributed by atoms with Gasteiger partial charge in [0, 0.05) is 51.1 Å². The van der Waals surface area contributed by atoms with Gasteiger partial charge in [0.2, 0.25) is 0 Å². The number of hydrogen-bond acceptors (Lipinski definition) is 18. The van der Waals surface area contributed by atoms with Gasteiger partial charge >= 0.3 is 17.8 Å². The summed E-state index contributed by atoms with van der Waals surface area (Å²) in [6.07, 6.45) is -0.782. The number of ketones is 1. The Kier molecular flexibility index (Phi) is 15.4. The summed E-state index contributed by atoms with van der Waals surface area (Å²) in [5.74, 6) is -3.13. The van der Waals surface area contributed by atoms with Gasteiger partial charge in [0.1, 0.15) is 29.4 Å². The van der Waals surface area contributed by atoms with Crippen LogP contribution >= 0.6 is 0 Å². The zero-order valence-electron chi connectivity index (χ0n) is 38.6. The van der Waals surface area contributed by atoms with Crippen molar-refractivity contribution in [1.29, 1.82) is 0 Å². The third-order valence-electron chi connectivity index (χ3n) is 13.0. The minimum atomic E-state index is -3.29. The summed E-state index contributed by atoms with van der Waals surface area (Å²) >= 11 is 0. The Hall–Kier alpha value is -5.00. The van der Waals surface area contributed by atoms with Crippen LogP contribution in [-0.4, -0.2) is 162 Å². The quantitative estimate of drug-likeness (QED) is 0.134. The molecule has 3 aliphatic rings. The van der Waals surface area contributed by atoms with Gasteiger partial charge in [-0.3, -0.25) is 18.9 Å². The van der Waals surface area contributed by atoms with Crippen molar-refractivity contribution in [3.05, 3.63) is 47.3 Å². The number of likely N-dealkylation sites (N-methyl/N-ethyl adjacent to an activating group) is 1. The number of fused-ring (bicyclic) bond motifs is 1. The van der Waals surface area contributed by atoms with Gasteiger partial charge in [-0.25, -0.2) is 18.8 Å². The van der Waals surface area contributed by atoms with E-state index in [1.165, 1.54) is 24.3 Å². The van der Waals surface area contributed by atoms with Gasteiger partial charge in [-0.2, -0.15) is 10.1 Å². The lowest BCUT2D eigenvalue weighted by atomic mass is 9.83. The Balaban J connectivity index is 1.36. The van der Waals surface area contributed by atoms with Crippen molar-refractivity contribution < 1.29 is 47.6 Å². The number of anilines is 1. The number of unbranched alkanes of at least 4 members (excludes halogenated alkanes) is 1. The molecule has 0 aliphatic carbocycles. The van der Waals surface area contributed by atoms with Crippen molar-refractivity contribution in [2.75, 3.05) is 40.0 Å². The molecule has 3 aromatic rings. The molecular weight excluding hydrogens is 850 g/mol. The van der Waals surface area contributed by atoms with E-state index in [0.29, 0.717) is 43.7 Å². The highest BCUT2D eigenvalue weighted by Crippen LogP contribution is 2.43. The first-order chi connectivity index (χ1) is 30.7. The number of nitrogens with zero attached hydrogens (tertiary/aromatic N) is 9. The second-order valence-electron chi connectivity index (χ2n) is 18.1. The molecule has 2 unspecified atom stereocenters. The number of aromatic nitrogens is 7. The number of carbonyl (C=O) groups is 3. The highest BCUT2D eigenvalue weighted by molar-refractivity contribution is 6.07. The largest absolute Gasteiger partial charge is 0.453 e. The monoisotopic (exact) mass is 913 g/mol. The number of halogens is 1. The predicted molar refractivity (Wildman–Crippen MR) is 231 cm³/mol. The van der Waals surface area contributed by atoms with E-state index in [4.69, 9.17) is 29.4 Å². The topological polar surface area (TPSA) is 254 Å². The molecule has 1 amide bonds. The number of nitrogen functional groups attached to an aromatic ring is 1. The molecule has 0 bridgehead atoms. The fourth-order valence-corrected chi connectivity index (χ4v) is 9.27. The number of nitrogens with two attached hydrogens (primary N) is 1. The van der Waals surface area contributed by atoms with Crippen LogP contribution in [0.25, 0.3) is 11.4 Å². The molecule has 12 atom stereocenters. The number of aryl methyl sites for hydroxylation is 1. The van der Waals surface area contributed by atoms with Crippen LogP contribution < -0.4 is 16.7 Å². The fourth-order valence-electron chi connectivity index (χ4n) is 9.27. The number of rotatable bonds is 12. The zero-order valence-corrected chi connectivity index (χ0v) is 38.6. The average Bonchev–Trinajstić information content (AvgIpc) is 3.86. The summed E-state index contributed by atoms with van der Waals surface area (Å²) in [6.45, 7) is 10.6. The third-order valence-corrected chi connectivity index (χ3v) is 13.0. The summed E-state index contributed by atoms with van der Waals surface area (Å²) in [4.78, 5) is 64.0. The maximum Gasteiger partial charge on any atom is 0.412 e. The number of esters is 1. The zero-order chi connectivity index (χ0) is 47.4. The lowest BCUT2D eigenvalue weighted by Crippen LogP contribution is -2.65. The average molecular weight is 914 g/mol. The van der Waals surface area contributed by atoms with E-state index in [1.807, 2.05) is 32.8 Å². The van der Waals surface area contributed by atoms with Crippen molar-refractivity contribution in [1.82, 2.24) is 49.9 Å². The summed E-state index contributed by atoms with van der Waals surface area (Å²) in [5, 5.41) is 31.3. The van der Waals surface area contributed by atoms with Crippen molar-refractivity contribution in [2.45, 2.75) is 152 Å². The molecule has 3 aromatic heterocycles. The van der Waals surface area contributed by atoms with Gasteiger partial charge in [-0.05, 0) is 105 Å². The van der Waals surface area contributed by atoms with Crippen molar-refractivity contribution in [2.24, 2.45) is 5.92 Å². The highest BCUT2D eigenvalue weighted by Gasteiger charge is 2.64. The number of ether oxygens (including phenoxy) is 5. The molecule has 6 heterocycles. The molecule has 0 saturated carbocycles. The number of methoxy groups -OCH3 is 1. The third kappa shape index (κ3) is 10.4. The van der Waals surface area contributed by atoms with Gasteiger partial charge in [0.05, 0.1) is 24.0 Å². The minimum Gasteiger partial charge on any atom is -0.453 e. The molecule has 0 spiro atoms. The molecule has 22 heteroatoms. The number of nitrogens with one attached hydrogen (secondary N) is 1. The molecule has 6 rings (SSSR count). The Morgan fingerprint density at radius 2 is 1.82 bits per heavy atom. The molecule has 358 valence electrons. The number of aliphatic hydroxyl groups is 1. The molecule has 0 radical (unpaired) electrons. The molecule has 3 fully saturated rings. The first-order valence-corrected chi connectivity index (χ1v) is 22.2. The van der Waals surface area contributed by atoms with Crippen LogP contribution in [0.15, 0.2) is 41.6 Å². The summed E-state index contributed by atoms with van der Waals surface area (Å²) < 4.78 is 50.7. The van der Waals surface area contributed by atoms with Crippen molar-refractivity contribution >= 4 is 23.7 Å². The number of Topliss-reactive ketones (excluding diaryl/α,β-unsaturated/α-hetero) is 1. The summed E-state index contributed by atoms with van der Waals surface area (Å²) in [5.41, 5.74) is -0.619. The molecule has 4 N–H and O–H groups in total. The summed E-state index contributed by atoms with van der Waals surface area (Å²) in [7, 11) is 5.10. The van der Waals surface area contributed by atoms with Gasteiger partial charge in [0.25, 0.3) is 11.4 Å². The van der Waals surface area contributed by atoms with E-state index in [-0.39, 0.29) is 43.3 Å². The normalized spacial score (nSPS) is 34.1. The van der Waals surface area contributed by atoms with Crippen LogP contribution in [0.2, 0.25) is 0 Å². The Bertz CT molecular complexity index is 2180. The number of cyclic esters (lactones) is 1. The first kappa shape index (κ1) is 49.4. The van der Waals surface area contributed by atoms with Crippen LogP contribution in [0.3, 0.4) is 0 Å². The van der Waals surface area contributed by atoms with E-state index < -0.39 is 83.6 Å². The number of hydrogen-bond donors (Lipinski definition) is 3. The van der Waals surface area contributed by atoms with Crippen LogP contribution in [0.5, 0.6) is 0 Å². The maximum absolute atomic E-state index is 17.1. The lowest BCUT2D eigenvalue weighted by molar-refractivity contribution is -0.289. The van der Waals surface area contributed by atoms with Crippen LogP contribution in [-0.2, 0) is 45.5 Å². The molecular formula is C43H64FN11O10. The van der Waals surface area contributed by atoms with E-state index in [9.17, 15) is 24.3 Å². The van der Waals surface area contributed by atoms with E-state index in [1.54, 1.807) is 50.0 Å². The highest BCUT2D eigenvalue weighted by atomic mass is 19.1. The van der Waals surface area contributed by atoms with Gasteiger partial charge in [-0.15, -0.1) is 10.2 Å². The van der Waals surface area contributed by atoms with Crippen molar-refractivity contribution in [3.8, 4) is 11.4 Å². The lowest BCUT2D eigenvalue weighted by Gasteiger charge is -2.45. The summed E-state index contributed by atoms with van der Waals surface area (Å²) in [6, 6.07) is 2.71. The SMILES string of the molecule is CC[C@H]1OC(=O)[C@](C)(F)C(=O)C[C@@H](O[C@@H]2O[C@H](C)CC(N(C)C)C2O)[C@](C)(OC)C[C@@H](C)CN[C@H](C)[C@H]2N(CCCCn3cc(-c4cccnn4)nn3)C(=O)O[C@]12n1ccc(N)nc1=O. The Labute approximate surface area is 377 Å². The van der Waals surface area contributed by atoms with Crippen molar-refractivity contribution in [3.63, 3.8) is 0 Å². The fraction of sp³-hybridized carbons (Fsp3) is 0.698. The molecule has 0 aromatic carbocycles. The molecule has 21 nitrogen and oxygen atoms in total. The van der Waals surface area contributed by atoms with Gasteiger partial charge in [0.15, 0.2) is 18.2 Å². The van der Waals surface area contributed by atoms with Gasteiger partial charge < -0.3 is 44.7 Å². The van der Waals surface area contributed by atoms with E-state index in [0.717, 1.165) is 11.5 Å². The number of carbonyl (C=O) groups excluding carboxylic acids is 3. The van der Waals surface area contributed by atoms with Crippen LogP contribution in [0.1, 0.15) is 80.1 Å². The Morgan fingerprint density at radius 1 is 1.08 bits per heavy atom. The van der Waals surface area contributed by atoms with E-state index in [2.05, 4.69) is 30.8 Å².